The van der Waals surface area contributed by atoms with Crippen LogP contribution in [0.3, 0.4) is 0 Å². The molecule has 0 aliphatic carbocycles. The van der Waals surface area contributed by atoms with Gasteiger partial charge < -0.3 is 25.8 Å². The minimum Gasteiger partial charge on any atom is -0.382 e. The van der Waals surface area contributed by atoms with Crippen LogP contribution in [0.4, 0.5) is 29.1 Å². The summed E-state index contributed by atoms with van der Waals surface area (Å²) in [5.41, 5.74) is 10.0. The summed E-state index contributed by atoms with van der Waals surface area (Å²) in [7, 11) is 0. The molecule has 0 saturated carbocycles. The maximum absolute atomic E-state index is 14.6. The zero-order chi connectivity index (χ0) is 25.7. The number of carbonyl (C=O) groups excluding carboxylic acids is 1. The predicted octanol–water partition coefficient (Wildman–Crippen LogP) is 2.53. The van der Waals surface area contributed by atoms with E-state index in [1.54, 1.807) is 9.80 Å². The van der Waals surface area contributed by atoms with Crippen LogP contribution in [0.2, 0.25) is 0 Å². The Morgan fingerprint density at radius 1 is 1.08 bits per heavy atom. The van der Waals surface area contributed by atoms with E-state index in [-0.39, 0.29) is 60.2 Å². The van der Waals surface area contributed by atoms with Crippen LogP contribution in [0.1, 0.15) is 36.8 Å². The quantitative estimate of drug-likeness (QED) is 0.522. The van der Waals surface area contributed by atoms with E-state index in [1.807, 2.05) is 0 Å². The van der Waals surface area contributed by atoms with Crippen molar-refractivity contribution in [3.63, 3.8) is 0 Å². The average Bonchev–Trinajstić information content (AvgIpc) is 3.44. The van der Waals surface area contributed by atoms with Gasteiger partial charge in [0.05, 0.1) is 18.4 Å². The van der Waals surface area contributed by atoms with Gasteiger partial charge in [0.1, 0.15) is 23.2 Å². The molecular formula is C23H26F4N8O. The van der Waals surface area contributed by atoms with Crippen molar-refractivity contribution < 1.29 is 22.4 Å². The fourth-order valence-electron chi connectivity index (χ4n) is 5.18. The van der Waals surface area contributed by atoms with Crippen molar-refractivity contribution in [1.29, 1.82) is 0 Å². The highest BCUT2D eigenvalue weighted by Crippen LogP contribution is 2.40. The number of amides is 1. The maximum atomic E-state index is 14.6. The van der Waals surface area contributed by atoms with Gasteiger partial charge in [-0.15, -0.1) is 0 Å². The highest BCUT2D eigenvalue weighted by Gasteiger charge is 2.45. The van der Waals surface area contributed by atoms with Crippen LogP contribution in [0.5, 0.6) is 0 Å². The van der Waals surface area contributed by atoms with Gasteiger partial charge in [0, 0.05) is 37.4 Å². The van der Waals surface area contributed by atoms with Gasteiger partial charge >= 0.3 is 6.18 Å². The largest absolute Gasteiger partial charge is 0.419 e. The van der Waals surface area contributed by atoms with E-state index in [2.05, 4.69) is 15.0 Å². The molecule has 2 saturated heterocycles. The number of halogens is 4. The Morgan fingerprint density at radius 2 is 1.83 bits per heavy atom. The summed E-state index contributed by atoms with van der Waals surface area (Å²) in [6.45, 7) is 1.15. The monoisotopic (exact) mass is 506 g/mol. The first-order chi connectivity index (χ1) is 17.1. The maximum Gasteiger partial charge on any atom is 0.419 e. The second-order valence-corrected chi connectivity index (χ2v) is 9.40. The summed E-state index contributed by atoms with van der Waals surface area (Å²) in [5, 5.41) is 0. The molecule has 1 amide bonds. The van der Waals surface area contributed by atoms with Crippen molar-refractivity contribution in [2.75, 3.05) is 36.8 Å². The third-order valence-corrected chi connectivity index (χ3v) is 6.99. The Balaban J connectivity index is 1.53. The lowest BCUT2D eigenvalue weighted by molar-refractivity contribution is -0.140. The molecule has 1 atom stereocenters. The van der Waals surface area contributed by atoms with Crippen LogP contribution in [-0.2, 0) is 17.5 Å². The first-order valence-corrected chi connectivity index (χ1v) is 11.7. The predicted molar refractivity (Wildman–Crippen MR) is 124 cm³/mol. The molecule has 0 spiro atoms. The standard InChI is InChI=1S/C23H26F4N8O/c24-15-4-5-16(34-9-6-22(29,11-34)21(36)33-7-2-1-3-8-33)14(17(15)23(25,26)27)10-35-13-32-18-19(28)30-12-31-20(18)35/h4-5,12-13H,1-3,6-11,29H2,(H2,28,30,31)/t22-/m1/s1. The number of nitrogen functional groups attached to an aromatic ring is 1. The molecule has 0 bridgehead atoms. The Bertz CT molecular complexity index is 1300. The molecule has 2 fully saturated rings. The number of piperidine rings is 1. The number of hydrogen-bond acceptors (Lipinski definition) is 7. The highest BCUT2D eigenvalue weighted by atomic mass is 19.4. The van der Waals surface area contributed by atoms with Gasteiger partial charge in [0.2, 0.25) is 5.91 Å². The van der Waals surface area contributed by atoms with Crippen LogP contribution in [0, 0.1) is 5.82 Å². The molecule has 192 valence electrons. The number of aromatic nitrogens is 4. The molecule has 3 aromatic rings. The van der Waals surface area contributed by atoms with Crippen LogP contribution < -0.4 is 16.4 Å². The second-order valence-electron chi connectivity index (χ2n) is 9.40. The SMILES string of the molecule is Nc1ncnc2c1ncn2Cc1c(N2CC[C@](N)(C(=O)N3CCCCC3)C2)ccc(F)c1C(F)(F)F. The number of nitrogens with zero attached hydrogens (tertiary/aromatic N) is 6. The van der Waals surface area contributed by atoms with E-state index in [0.29, 0.717) is 13.1 Å². The van der Waals surface area contributed by atoms with Gasteiger partial charge in [-0.1, -0.05) is 0 Å². The van der Waals surface area contributed by atoms with E-state index in [4.69, 9.17) is 11.5 Å². The van der Waals surface area contributed by atoms with Crippen molar-refractivity contribution in [3.05, 3.63) is 41.7 Å². The molecular weight excluding hydrogens is 480 g/mol. The Kier molecular flexibility index (Phi) is 5.97. The van der Waals surface area contributed by atoms with Crippen molar-refractivity contribution in [1.82, 2.24) is 24.4 Å². The molecule has 36 heavy (non-hydrogen) atoms. The highest BCUT2D eigenvalue weighted by molar-refractivity contribution is 5.88. The van der Waals surface area contributed by atoms with Crippen LogP contribution in [-0.4, -0.2) is 62.0 Å². The second kappa shape index (κ2) is 8.87. The van der Waals surface area contributed by atoms with E-state index in [9.17, 15) is 22.4 Å². The number of alkyl halides is 3. The molecule has 4 N–H and O–H groups in total. The average molecular weight is 507 g/mol. The number of benzene rings is 1. The molecule has 0 unspecified atom stereocenters. The lowest BCUT2D eigenvalue weighted by Gasteiger charge is -2.34. The third-order valence-electron chi connectivity index (χ3n) is 6.99. The van der Waals surface area contributed by atoms with E-state index >= 15 is 0 Å². The van der Waals surface area contributed by atoms with Crippen molar-refractivity contribution >= 4 is 28.6 Å². The van der Waals surface area contributed by atoms with Gasteiger partial charge in [-0.05, 0) is 37.8 Å². The Labute approximate surface area is 204 Å². The fourth-order valence-corrected chi connectivity index (χ4v) is 5.18. The summed E-state index contributed by atoms with van der Waals surface area (Å²) in [4.78, 5) is 28.6. The molecule has 9 nitrogen and oxygen atoms in total. The normalized spacial score (nSPS) is 20.9. The molecule has 2 aliphatic heterocycles. The molecule has 2 aliphatic rings. The van der Waals surface area contributed by atoms with Gasteiger partial charge in [-0.3, -0.25) is 4.79 Å². The zero-order valence-electron chi connectivity index (χ0n) is 19.4. The zero-order valence-corrected chi connectivity index (χ0v) is 19.4. The molecule has 4 heterocycles. The summed E-state index contributed by atoms with van der Waals surface area (Å²) in [6, 6.07) is 2.11. The number of rotatable bonds is 4. The molecule has 13 heteroatoms. The van der Waals surface area contributed by atoms with E-state index in [0.717, 1.165) is 25.3 Å². The topological polar surface area (TPSA) is 119 Å². The van der Waals surface area contributed by atoms with Crippen molar-refractivity contribution in [3.8, 4) is 0 Å². The first-order valence-electron chi connectivity index (χ1n) is 11.7. The van der Waals surface area contributed by atoms with Crippen molar-refractivity contribution in [2.45, 2.75) is 43.9 Å². The van der Waals surface area contributed by atoms with Gasteiger partial charge in [0.15, 0.2) is 11.5 Å². The summed E-state index contributed by atoms with van der Waals surface area (Å²) in [6.07, 6.45) is 0.641. The van der Waals surface area contributed by atoms with Crippen LogP contribution in [0.15, 0.2) is 24.8 Å². The number of anilines is 2. The summed E-state index contributed by atoms with van der Waals surface area (Å²) < 4.78 is 58.3. The Hall–Kier alpha value is -3.48. The third kappa shape index (κ3) is 4.21. The first kappa shape index (κ1) is 24.2. The minimum absolute atomic E-state index is 0.0259. The molecule has 1 aromatic carbocycles. The van der Waals surface area contributed by atoms with Crippen LogP contribution in [0.25, 0.3) is 11.2 Å². The molecule has 0 radical (unpaired) electrons. The smallest absolute Gasteiger partial charge is 0.382 e. The van der Waals surface area contributed by atoms with E-state index in [1.165, 1.54) is 23.3 Å². The molecule has 5 rings (SSSR count). The summed E-state index contributed by atoms with van der Waals surface area (Å²) in [5.74, 6) is -1.50. The Morgan fingerprint density at radius 3 is 2.56 bits per heavy atom. The lowest BCUT2D eigenvalue weighted by Crippen LogP contribution is -2.57. The number of nitrogens with two attached hydrogens (primary N) is 2. The molecule has 2 aromatic heterocycles. The van der Waals surface area contributed by atoms with Gasteiger partial charge in [-0.25, -0.2) is 19.3 Å². The van der Waals surface area contributed by atoms with Crippen LogP contribution >= 0.6 is 0 Å². The van der Waals surface area contributed by atoms with Crippen molar-refractivity contribution in [2.24, 2.45) is 5.73 Å². The van der Waals surface area contributed by atoms with E-state index < -0.39 is 23.1 Å². The minimum atomic E-state index is -4.96. The van der Waals surface area contributed by atoms with Gasteiger partial charge in [-0.2, -0.15) is 13.2 Å². The number of carbonyl (C=O) groups is 1. The number of fused-ring (bicyclic) bond motifs is 1. The fraction of sp³-hybridized carbons (Fsp3) is 0.478. The lowest BCUT2D eigenvalue weighted by atomic mass is 9.96. The van der Waals surface area contributed by atoms with Gasteiger partial charge in [0.25, 0.3) is 0 Å². The number of imidazole rings is 1. The number of hydrogen-bond donors (Lipinski definition) is 2. The number of likely N-dealkylation sites (tertiary alicyclic amines) is 1. The summed E-state index contributed by atoms with van der Waals surface area (Å²) >= 11 is 0.